The number of ether oxygens (including phenoxy) is 1. The van der Waals surface area contributed by atoms with Gasteiger partial charge in [0.15, 0.2) is 0 Å². The molecule has 30 heavy (non-hydrogen) atoms. The van der Waals surface area contributed by atoms with Crippen LogP contribution in [0.1, 0.15) is 23.3 Å². The van der Waals surface area contributed by atoms with E-state index in [2.05, 4.69) is 30.2 Å². The van der Waals surface area contributed by atoms with E-state index in [4.69, 9.17) is 9.15 Å². The van der Waals surface area contributed by atoms with Gasteiger partial charge in [0.1, 0.15) is 5.75 Å². The van der Waals surface area contributed by atoms with Gasteiger partial charge in [-0.05, 0) is 35.9 Å². The van der Waals surface area contributed by atoms with Crippen molar-refractivity contribution in [1.82, 2.24) is 20.2 Å². The third-order valence-corrected chi connectivity index (χ3v) is 4.53. The lowest BCUT2D eigenvalue weighted by Crippen LogP contribution is -2.15. The van der Waals surface area contributed by atoms with E-state index >= 15 is 0 Å². The maximum atomic E-state index is 12.1. The zero-order chi connectivity index (χ0) is 21.0. The van der Waals surface area contributed by atoms with Crippen molar-refractivity contribution in [2.75, 3.05) is 6.61 Å². The number of halogens is 3. The van der Waals surface area contributed by atoms with Crippen LogP contribution in [0.3, 0.4) is 0 Å². The number of thiazole rings is 1. The molecule has 3 heterocycles. The highest BCUT2D eigenvalue weighted by molar-refractivity contribution is 7.16. The molecule has 1 unspecified atom stereocenters. The van der Waals surface area contributed by atoms with Gasteiger partial charge >= 0.3 is 6.18 Å². The van der Waals surface area contributed by atoms with Crippen molar-refractivity contribution < 1.29 is 27.2 Å². The van der Waals surface area contributed by atoms with Crippen LogP contribution in [0.4, 0.5) is 13.2 Å². The third kappa shape index (κ3) is 4.89. The summed E-state index contributed by atoms with van der Waals surface area (Å²) in [5.41, 5.74) is 3.42. The van der Waals surface area contributed by atoms with Gasteiger partial charge in [-0.15, -0.1) is 21.5 Å². The van der Waals surface area contributed by atoms with Crippen molar-refractivity contribution >= 4 is 27.8 Å². The highest BCUT2D eigenvalue weighted by Crippen LogP contribution is 2.29. The summed E-state index contributed by atoms with van der Waals surface area (Å²) in [6.45, 7) is -1.48. The third-order valence-electron chi connectivity index (χ3n) is 3.74. The average Bonchev–Trinajstić information content (AvgIpc) is 3.40. The fourth-order valence-corrected chi connectivity index (χ4v) is 3.18. The van der Waals surface area contributed by atoms with Crippen molar-refractivity contribution in [2.24, 2.45) is 5.16 Å². The van der Waals surface area contributed by atoms with Gasteiger partial charge in [-0.3, -0.25) is 4.98 Å². The Labute approximate surface area is 171 Å². The first-order chi connectivity index (χ1) is 14.5. The second kappa shape index (κ2) is 8.45. The van der Waals surface area contributed by atoms with Gasteiger partial charge in [0, 0.05) is 6.20 Å². The Balaban J connectivity index is 1.57. The minimum Gasteiger partial charge on any atom is -0.474 e. The van der Waals surface area contributed by atoms with Crippen molar-refractivity contribution in [3.63, 3.8) is 0 Å². The Kier molecular flexibility index (Phi) is 5.57. The molecule has 12 heteroatoms. The van der Waals surface area contributed by atoms with Gasteiger partial charge < -0.3 is 14.0 Å². The lowest BCUT2D eigenvalue weighted by Gasteiger charge is -2.15. The van der Waals surface area contributed by atoms with E-state index in [0.717, 1.165) is 22.8 Å². The van der Waals surface area contributed by atoms with Crippen LogP contribution in [0.2, 0.25) is 0 Å². The summed E-state index contributed by atoms with van der Waals surface area (Å²) in [6.07, 6.45) is -1.54. The maximum Gasteiger partial charge on any atom is 0.425 e. The van der Waals surface area contributed by atoms with E-state index in [1.54, 1.807) is 23.7 Å². The van der Waals surface area contributed by atoms with E-state index in [-0.39, 0.29) is 5.89 Å². The minimum atomic E-state index is -4.46. The van der Waals surface area contributed by atoms with Crippen LogP contribution < -0.4 is 4.74 Å². The molecule has 0 aliphatic carbocycles. The van der Waals surface area contributed by atoms with Gasteiger partial charge in [-0.1, -0.05) is 5.16 Å². The van der Waals surface area contributed by atoms with Crippen LogP contribution in [0.5, 0.6) is 5.75 Å². The Bertz CT molecular complexity index is 1150. The predicted octanol–water partition coefficient (Wildman–Crippen LogP) is 4.16. The van der Waals surface area contributed by atoms with E-state index in [1.165, 1.54) is 17.5 Å². The van der Waals surface area contributed by atoms with Crippen LogP contribution in [0.25, 0.3) is 10.2 Å². The summed E-state index contributed by atoms with van der Waals surface area (Å²) in [5, 5.41) is 10.9. The molecule has 0 bridgehead atoms. The van der Waals surface area contributed by atoms with Gasteiger partial charge in [-0.2, -0.15) is 13.2 Å². The van der Waals surface area contributed by atoms with E-state index in [0.29, 0.717) is 17.0 Å². The molecule has 0 N–H and O–H groups in total. The van der Waals surface area contributed by atoms with Crippen molar-refractivity contribution in [3.05, 3.63) is 65.6 Å². The monoisotopic (exact) mass is 435 g/mol. The average molecular weight is 435 g/mol. The highest BCUT2D eigenvalue weighted by atomic mass is 32.1. The zero-order valence-electron chi connectivity index (χ0n) is 15.0. The van der Waals surface area contributed by atoms with Crippen LogP contribution in [-0.2, 0) is 4.84 Å². The number of hydrogen-bond donors (Lipinski definition) is 0. The number of rotatable bonds is 7. The number of oxime groups is 1. The molecule has 0 radical (unpaired) electrons. The number of hydrogen-bond acceptors (Lipinski definition) is 9. The second-order valence-electron chi connectivity index (χ2n) is 5.89. The van der Waals surface area contributed by atoms with E-state index in [1.807, 2.05) is 12.1 Å². The molecule has 0 spiro atoms. The Morgan fingerprint density at radius 1 is 1.20 bits per heavy atom. The lowest BCUT2D eigenvalue weighted by molar-refractivity contribution is -0.173. The van der Waals surface area contributed by atoms with E-state index < -0.39 is 18.9 Å². The first-order valence-electron chi connectivity index (χ1n) is 8.42. The molecule has 0 saturated heterocycles. The summed E-state index contributed by atoms with van der Waals surface area (Å²) in [6, 6.07) is 8.52. The van der Waals surface area contributed by atoms with Crippen LogP contribution in [0, 0.1) is 0 Å². The summed E-state index contributed by atoms with van der Waals surface area (Å²) < 4.78 is 48.7. The first-order valence-corrected chi connectivity index (χ1v) is 9.30. The molecule has 8 nitrogen and oxygen atoms in total. The van der Waals surface area contributed by atoms with Gasteiger partial charge in [-0.25, -0.2) is 4.98 Å². The van der Waals surface area contributed by atoms with Gasteiger partial charge in [0.2, 0.25) is 19.1 Å². The Morgan fingerprint density at radius 2 is 2.10 bits per heavy atom. The molecule has 0 aliphatic heterocycles. The van der Waals surface area contributed by atoms with Crippen LogP contribution >= 0.6 is 11.3 Å². The summed E-state index contributed by atoms with van der Waals surface area (Å²) in [4.78, 5) is 12.7. The molecular formula is C18H12F3N5O3S. The molecule has 1 atom stereocenters. The molecule has 4 aromatic rings. The molecule has 0 aliphatic rings. The molecule has 0 fully saturated rings. The fourth-order valence-electron chi connectivity index (χ4n) is 2.48. The van der Waals surface area contributed by atoms with Crippen molar-refractivity contribution in [2.45, 2.75) is 12.3 Å². The zero-order valence-corrected chi connectivity index (χ0v) is 15.8. The Morgan fingerprint density at radius 3 is 2.90 bits per heavy atom. The van der Waals surface area contributed by atoms with Crippen molar-refractivity contribution in [3.8, 4) is 5.75 Å². The number of fused-ring (bicyclic) bond motifs is 1. The van der Waals surface area contributed by atoms with Crippen LogP contribution in [0.15, 0.2) is 58.0 Å². The van der Waals surface area contributed by atoms with E-state index in [9.17, 15) is 13.2 Å². The van der Waals surface area contributed by atoms with Gasteiger partial charge in [0.05, 0.1) is 27.6 Å². The number of pyridine rings is 1. The number of benzene rings is 1. The fraction of sp³-hybridized carbons (Fsp3) is 0.167. The topological polar surface area (TPSA) is 95.5 Å². The normalized spacial score (nSPS) is 13.0. The molecule has 4 rings (SSSR count). The van der Waals surface area contributed by atoms with Gasteiger partial charge in [0.25, 0.3) is 5.89 Å². The number of aromatic nitrogens is 4. The minimum absolute atomic E-state index is 0.161. The predicted molar refractivity (Wildman–Crippen MR) is 100 cm³/mol. The van der Waals surface area contributed by atoms with Crippen molar-refractivity contribution in [1.29, 1.82) is 0 Å². The maximum absolute atomic E-state index is 12.1. The smallest absolute Gasteiger partial charge is 0.425 e. The van der Waals surface area contributed by atoms with Crippen LogP contribution in [-0.4, -0.2) is 39.2 Å². The molecule has 3 aromatic heterocycles. The Hall–Kier alpha value is -3.54. The summed E-state index contributed by atoms with van der Waals surface area (Å²) >= 11 is 1.47. The largest absolute Gasteiger partial charge is 0.474 e. The molecule has 0 saturated carbocycles. The highest BCUT2D eigenvalue weighted by Gasteiger charge is 2.28. The molecule has 1 aromatic carbocycles. The quantitative estimate of drug-likeness (QED) is 0.318. The standard InChI is InChI=1S/C18H12F3N5O3S/c19-18(20,21)8-28-25-7-11-3-4-22-14(5-11)16(17-26-24-9-27-17)29-12-1-2-13-15(6-12)30-10-23-13/h1-7,9-10,16H,8H2/b25-7+. The number of nitrogens with zero attached hydrogens (tertiary/aromatic N) is 5. The SMILES string of the molecule is FC(F)(F)CO/N=C/c1ccnc(C(Oc2ccc3ncsc3c2)c2nnco2)c1. The molecular weight excluding hydrogens is 423 g/mol. The molecule has 154 valence electrons. The number of alkyl halides is 3. The molecule has 0 amide bonds. The second-order valence-corrected chi connectivity index (χ2v) is 6.78. The summed E-state index contributed by atoms with van der Waals surface area (Å²) in [5.74, 6) is 0.693. The lowest BCUT2D eigenvalue weighted by atomic mass is 10.1. The first kappa shape index (κ1) is 19.8. The summed E-state index contributed by atoms with van der Waals surface area (Å²) in [7, 11) is 0.